The highest BCUT2D eigenvalue weighted by atomic mass is 79.9. The highest BCUT2D eigenvalue weighted by molar-refractivity contribution is 9.10. The first-order valence-corrected chi connectivity index (χ1v) is 8.95. The second-order valence-electron chi connectivity index (χ2n) is 5.76. The van der Waals surface area contributed by atoms with Gasteiger partial charge in [0.2, 0.25) is 5.91 Å². The minimum atomic E-state index is -1.18. The molecule has 1 aromatic rings. The van der Waals surface area contributed by atoms with Gasteiger partial charge in [-0.3, -0.25) is 9.00 Å². The monoisotopic (exact) mass is 375 g/mol. The molecule has 0 spiro atoms. The topological polar surface area (TPSA) is 57.6 Å². The summed E-state index contributed by atoms with van der Waals surface area (Å²) in [7, 11) is -1.18. The smallest absolute Gasteiger partial charge is 0.239 e. The third-order valence-electron chi connectivity index (χ3n) is 2.91. The van der Waals surface area contributed by atoms with Crippen LogP contribution in [-0.2, 0) is 22.1 Å². The molecule has 0 aromatic heterocycles. The summed E-state index contributed by atoms with van der Waals surface area (Å²) in [6, 6.07) is 9.54. The van der Waals surface area contributed by atoms with E-state index in [2.05, 4.69) is 15.9 Å². The molecule has 118 valence electrons. The lowest BCUT2D eigenvalue weighted by Gasteiger charge is -2.28. The largest absolute Gasteiger partial charge is 0.395 e. The van der Waals surface area contributed by atoms with E-state index in [0.717, 1.165) is 5.56 Å². The van der Waals surface area contributed by atoms with Crippen LogP contribution in [0.15, 0.2) is 30.3 Å². The number of rotatable bonds is 6. The molecule has 1 rings (SSSR count). The van der Waals surface area contributed by atoms with E-state index in [0.29, 0.717) is 6.54 Å². The molecular formula is C15H22BrNO3S. The number of carbonyl (C=O) groups excluding carboxylic acids is 1. The van der Waals surface area contributed by atoms with E-state index in [9.17, 15) is 9.00 Å². The Morgan fingerprint density at radius 3 is 2.38 bits per heavy atom. The molecule has 0 bridgehead atoms. The van der Waals surface area contributed by atoms with E-state index in [4.69, 9.17) is 5.11 Å². The van der Waals surface area contributed by atoms with Crippen LogP contribution in [-0.4, -0.2) is 42.2 Å². The number of hydrogen-bond acceptors (Lipinski definition) is 3. The second kappa shape index (κ2) is 8.06. The molecule has 0 heterocycles. The summed E-state index contributed by atoms with van der Waals surface area (Å²) >= 11 is 3.16. The van der Waals surface area contributed by atoms with Crippen molar-refractivity contribution in [1.29, 1.82) is 0 Å². The van der Waals surface area contributed by atoms with E-state index in [1.807, 2.05) is 51.1 Å². The van der Waals surface area contributed by atoms with Crippen LogP contribution < -0.4 is 0 Å². The Labute approximate surface area is 137 Å². The summed E-state index contributed by atoms with van der Waals surface area (Å²) in [5.41, 5.74) is 0.967. The van der Waals surface area contributed by atoms with Crippen LogP contribution in [0.3, 0.4) is 0 Å². The summed E-state index contributed by atoms with van der Waals surface area (Å²) < 4.78 is 11.9. The molecule has 0 aliphatic rings. The average Bonchev–Trinajstić information content (AvgIpc) is 2.45. The fourth-order valence-electron chi connectivity index (χ4n) is 1.60. The van der Waals surface area contributed by atoms with Crippen LogP contribution in [0.25, 0.3) is 0 Å². The van der Waals surface area contributed by atoms with Crippen LogP contribution in [0, 0.1) is 0 Å². The van der Waals surface area contributed by atoms with Gasteiger partial charge in [-0.25, -0.2) is 0 Å². The lowest BCUT2D eigenvalue weighted by molar-refractivity contribution is -0.130. The fraction of sp³-hybridized carbons (Fsp3) is 0.533. The SMILES string of the molecule is CC(C)(C)S(=O)CN(Cc1ccccc1)C(=O)C(Br)CO. The molecule has 0 saturated carbocycles. The lowest BCUT2D eigenvalue weighted by Crippen LogP contribution is -2.42. The van der Waals surface area contributed by atoms with Gasteiger partial charge in [-0.1, -0.05) is 46.3 Å². The predicted molar refractivity (Wildman–Crippen MR) is 89.6 cm³/mol. The number of halogens is 1. The molecule has 0 fully saturated rings. The van der Waals surface area contributed by atoms with Crippen LogP contribution in [0.5, 0.6) is 0 Å². The Kier molecular flexibility index (Phi) is 7.03. The third-order valence-corrected chi connectivity index (χ3v) is 5.51. The van der Waals surface area contributed by atoms with E-state index in [-0.39, 0.29) is 18.4 Å². The summed E-state index contributed by atoms with van der Waals surface area (Å²) in [5, 5.41) is 9.14. The van der Waals surface area contributed by atoms with Gasteiger partial charge >= 0.3 is 0 Å². The van der Waals surface area contributed by atoms with Crippen LogP contribution in [0.4, 0.5) is 0 Å². The third kappa shape index (κ3) is 5.88. The van der Waals surface area contributed by atoms with Crippen molar-refractivity contribution in [2.75, 3.05) is 12.5 Å². The Bertz CT molecular complexity index is 487. The number of amides is 1. The standard InChI is InChI=1S/C15H22BrNO3S/c1-15(2,3)21(20)11-17(14(19)13(16)10-18)9-12-7-5-4-6-8-12/h4-8,13,18H,9-11H2,1-3H3. The first-order valence-electron chi connectivity index (χ1n) is 6.72. The van der Waals surface area contributed by atoms with Crippen LogP contribution in [0.2, 0.25) is 0 Å². The minimum Gasteiger partial charge on any atom is -0.395 e. The zero-order chi connectivity index (χ0) is 16.0. The van der Waals surface area contributed by atoms with Crippen molar-refractivity contribution in [3.63, 3.8) is 0 Å². The Morgan fingerprint density at radius 2 is 1.90 bits per heavy atom. The second-order valence-corrected chi connectivity index (χ2v) is 9.04. The maximum absolute atomic E-state index is 12.3. The van der Waals surface area contributed by atoms with Crippen molar-refractivity contribution in [1.82, 2.24) is 4.90 Å². The molecule has 0 saturated heterocycles. The van der Waals surface area contributed by atoms with E-state index < -0.39 is 20.4 Å². The molecule has 1 N–H and O–H groups in total. The first kappa shape index (κ1) is 18.3. The van der Waals surface area contributed by atoms with Gasteiger partial charge in [0.25, 0.3) is 0 Å². The Morgan fingerprint density at radius 1 is 1.33 bits per heavy atom. The van der Waals surface area contributed by atoms with Gasteiger partial charge in [-0.05, 0) is 26.3 Å². The van der Waals surface area contributed by atoms with Crippen molar-refractivity contribution < 1.29 is 14.1 Å². The molecule has 21 heavy (non-hydrogen) atoms. The van der Waals surface area contributed by atoms with Crippen LogP contribution >= 0.6 is 15.9 Å². The molecule has 2 unspecified atom stereocenters. The summed E-state index contributed by atoms with van der Waals surface area (Å²) in [4.78, 5) is 13.2. The van der Waals surface area contributed by atoms with E-state index >= 15 is 0 Å². The van der Waals surface area contributed by atoms with Crippen molar-refractivity contribution in [2.45, 2.75) is 36.9 Å². The van der Waals surface area contributed by atoms with Crippen molar-refractivity contribution in [2.24, 2.45) is 0 Å². The quantitative estimate of drug-likeness (QED) is 0.775. The molecule has 0 aliphatic carbocycles. The molecule has 2 atom stereocenters. The summed E-state index contributed by atoms with van der Waals surface area (Å²) in [6.45, 7) is 5.74. The van der Waals surface area contributed by atoms with Gasteiger partial charge in [-0.2, -0.15) is 0 Å². The van der Waals surface area contributed by atoms with E-state index in [1.165, 1.54) is 4.90 Å². The molecule has 1 aromatic carbocycles. The maximum atomic E-state index is 12.3. The van der Waals surface area contributed by atoms with Crippen LogP contribution in [0.1, 0.15) is 26.3 Å². The van der Waals surface area contributed by atoms with Gasteiger partial charge in [0.15, 0.2) is 0 Å². The fourth-order valence-corrected chi connectivity index (χ4v) is 2.78. The number of aliphatic hydroxyl groups is 1. The van der Waals surface area contributed by atoms with Gasteiger partial charge in [0.1, 0.15) is 4.83 Å². The molecular weight excluding hydrogens is 354 g/mol. The van der Waals surface area contributed by atoms with Crippen molar-refractivity contribution in [3.8, 4) is 0 Å². The number of alkyl halides is 1. The minimum absolute atomic E-state index is 0.152. The molecule has 4 nitrogen and oxygen atoms in total. The summed E-state index contributed by atoms with van der Waals surface area (Å²) in [5.74, 6) is -0.0989. The number of aliphatic hydroxyl groups excluding tert-OH is 1. The number of hydrogen-bond donors (Lipinski definition) is 1. The normalized spacial score (nSPS) is 14.5. The predicted octanol–water partition coefficient (Wildman–Crippen LogP) is 2.28. The first-order chi connectivity index (χ1) is 9.75. The molecule has 6 heteroatoms. The maximum Gasteiger partial charge on any atom is 0.239 e. The molecule has 0 aliphatic heterocycles. The number of nitrogens with zero attached hydrogens (tertiary/aromatic N) is 1. The van der Waals surface area contributed by atoms with Crippen molar-refractivity contribution >= 4 is 32.6 Å². The van der Waals surface area contributed by atoms with Crippen molar-refractivity contribution in [3.05, 3.63) is 35.9 Å². The zero-order valence-electron chi connectivity index (χ0n) is 12.6. The van der Waals surface area contributed by atoms with Gasteiger partial charge in [0.05, 0.1) is 12.5 Å². The van der Waals surface area contributed by atoms with Gasteiger partial charge < -0.3 is 10.0 Å². The summed E-state index contributed by atoms with van der Waals surface area (Å²) in [6.07, 6.45) is 0. The lowest BCUT2D eigenvalue weighted by atomic mass is 10.2. The molecule has 0 radical (unpaired) electrons. The highest BCUT2D eigenvalue weighted by Crippen LogP contribution is 2.16. The van der Waals surface area contributed by atoms with E-state index in [1.54, 1.807) is 0 Å². The number of benzene rings is 1. The average molecular weight is 376 g/mol. The van der Waals surface area contributed by atoms with Gasteiger partial charge in [-0.15, -0.1) is 0 Å². The Hall–Kier alpha value is -0.720. The van der Waals surface area contributed by atoms with Gasteiger partial charge in [0, 0.05) is 22.1 Å². The number of carbonyl (C=O) groups is 1. The zero-order valence-corrected chi connectivity index (χ0v) is 15.0. The Balaban J connectivity index is 2.90. The highest BCUT2D eigenvalue weighted by Gasteiger charge is 2.27. The molecule has 1 amide bonds.